The second-order valence-electron chi connectivity index (χ2n) is 3.62. The van der Waals surface area contributed by atoms with Crippen molar-refractivity contribution >= 4 is 23.2 Å². The molecule has 0 aliphatic rings. The number of aryl methyl sites for hydroxylation is 1. The Bertz CT molecular complexity index is 515. The van der Waals surface area contributed by atoms with Gasteiger partial charge in [0.25, 0.3) is 0 Å². The number of aromatic hydroxyl groups is 1. The standard InChI is InChI=1S/C10H7ClF5NO2/c1-4-2-3-5(6(11)7(4)18)17-8(19)9(12,13)10(14,15)16/h2-3,18H,1H3,(H,17,19). The van der Waals surface area contributed by atoms with Crippen LogP contribution in [0.25, 0.3) is 0 Å². The highest BCUT2D eigenvalue weighted by Crippen LogP contribution is 2.38. The lowest BCUT2D eigenvalue weighted by atomic mass is 10.2. The highest BCUT2D eigenvalue weighted by atomic mass is 35.5. The molecule has 19 heavy (non-hydrogen) atoms. The van der Waals surface area contributed by atoms with Crippen LogP contribution < -0.4 is 5.32 Å². The molecule has 1 amide bonds. The molecule has 0 saturated carbocycles. The van der Waals surface area contributed by atoms with Gasteiger partial charge in [0.05, 0.1) is 5.69 Å². The number of phenolic OH excluding ortho intramolecular Hbond substituents is 1. The van der Waals surface area contributed by atoms with E-state index in [2.05, 4.69) is 0 Å². The van der Waals surface area contributed by atoms with E-state index in [1.807, 2.05) is 0 Å². The van der Waals surface area contributed by atoms with Crippen molar-refractivity contribution in [3.63, 3.8) is 0 Å². The zero-order chi connectivity index (χ0) is 15.0. The number of rotatable bonds is 2. The van der Waals surface area contributed by atoms with Crippen molar-refractivity contribution in [1.82, 2.24) is 0 Å². The molecule has 0 bridgehead atoms. The second-order valence-corrected chi connectivity index (χ2v) is 4.00. The molecule has 3 nitrogen and oxygen atoms in total. The van der Waals surface area contributed by atoms with Gasteiger partial charge < -0.3 is 10.4 Å². The van der Waals surface area contributed by atoms with Gasteiger partial charge in [0, 0.05) is 0 Å². The van der Waals surface area contributed by atoms with E-state index in [0.29, 0.717) is 0 Å². The number of phenols is 1. The van der Waals surface area contributed by atoms with Crippen LogP contribution in [0.15, 0.2) is 12.1 Å². The summed E-state index contributed by atoms with van der Waals surface area (Å²) in [4.78, 5) is 10.9. The van der Waals surface area contributed by atoms with E-state index in [4.69, 9.17) is 11.6 Å². The number of amides is 1. The van der Waals surface area contributed by atoms with E-state index in [1.165, 1.54) is 18.3 Å². The van der Waals surface area contributed by atoms with Crippen LogP contribution in [0.5, 0.6) is 5.75 Å². The maximum Gasteiger partial charge on any atom is 0.463 e. The van der Waals surface area contributed by atoms with Gasteiger partial charge in [-0.05, 0) is 18.6 Å². The first kappa shape index (κ1) is 15.5. The molecule has 0 fully saturated rings. The predicted octanol–water partition coefficient (Wildman–Crippen LogP) is 3.49. The Labute approximate surface area is 109 Å². The largest absolute Gasteiger partial charge is 0.506 e. The molecular formula is C10H7ClF5NO2. The summed E-state index contributed by atoms with van der Waals surface area (Å²) in [5.74, 6) is -8.66. The zero-order valence-corrected chi connectivity index (χ0v) is 10.0. The fraction of sp³-hybridized carbons (Fsp3) is 0.300. The lowest BCUT2D eigenvalue weighted by Crippen LogP contribution is -2.47. The number of nitrogens with one attached hydrogen (secondary N) is 1. The Morgan fingerprint density at radius 1 is 1.26 bits per heavy atom. The van der Waals surface area contributed by atoms with Gasteiger partial charge in [-0.25, -0.2) is 0 Å². The average Bonchev–Trinajstić information content (AvgIpc) is 2.28. The minimum absolute atomic E-state index is 0.269. The number of carbonyl (C=O) groups excluding carboxylic acids is 1. The quantitative estimate of drug-likeness (QED) is 0.822. The van der Waals surface area contributed by atoms with E-state index in [0.717, 1.165) is 6.07 Å². The molecule has 0 radical (unpaired) electrons. The normalized spacial score (nSPS) is 12.4. The van der Waals surface area contributed by atoms with Crippen LogP contribution in [-0.4, -0.2) is 23.1 Å². The summed E-state index contributed by atoms with van der Waals surface area (Å²) < 4.78 is 61.2. The van der Waals surface area contributed by atoms with Crippen molar-refractivity contribution in [2.24, 2.45) is 0 Å². The summed E-state index contributed by atoms with van der Waals surface area (Å²) in [6, 6.07) is 2.20. The van der Waals surface area contributed by atoms with E-state index < -0.39 is 34.5 Å². The molecule has 0 unspecified atom stereocenters. The summed E-state index contributed by atoms with van der Waals surface area (Å²) in [6.07, 6.45) is -6.02. The Balaban J connectivity index is 3.05. The summed E-state index contributed by atoms with van der Waals surface area (Å²) >= 11 is 5.52. The number of halogens is 6. The minimum Gasteiger partial charge on any atom is -0.506 e. The van der Waals surface area contributed by atoms with Crippen LogP contribution in [-0.2, 0) is 4.79 Å². The van der Waals surface area contributed by atoms with Crippen LogP contribution >= 0.6 is 11.6 Å². The van der Waals surface area contributed by atoms with Gasteiger partial charge in [-0.1, -0.05) is 17.7 Å². The number of hydrogen-bond donors (Lipinski definition) is 2. The lowest BCUT2D eigenvalue weighted by molar-refractivity contribution is -0.267. The van der Waals surface area contributed by atoms with Crippen molar-refractivity contribution in [2.45, 2.75) is 19.0 Å². The highest BCUT2D eigenvalue weighted by Gasteiger charge is 2.63. The van der Waals surface area contributed by atoms with Crippen LogP contribution in [0, 0.1) is 6.92 Å². The van der Waals surface area contributed by atoms with Gasteiger partial charge >= 0.3 is 18.0 Å². The molecule has 0 atom stereocenters. The molecular weight excluding hydrogens is 297 g/mol. The highest BCUT2D eigenvalue weighted by molar-refractivity contribution is 6.35. The van der Waals surface area contributed by atoms with Crippen LogP contribution in [0.2, 0.25) is 5.02 Å². The molecule has 1 rings (SSSR count). The number of carbonyl (C=O) groups is 1. The smallest absolute Gasteiger partial charge is 0.463 e. The Morgan fingerprint density at radius 3 is 2.26 bits per heavy atom. The third-order valence-electron chi connectivity index (χ3n) is 2.21. The van der Waals surface area contributed by atoms with E-state index in [9.17, 15) is 31.9 Å². The topological polar surface area (TPSA) is 49.3 Å². The fourth-order valence-electron chi connectivity index (χ4n) is 1.09. The van der Waals surface area contributed by atoms with Crippen LogP contribution in [0.4, 0.5) is 27.6 Å². The van der Waals surface area contributed by atoms with Crippen molar-refractivity contribution in [3.05, 3.63) is 22.7 Å². The molecule has 2 N–H and O–H groups in total. The molecule has 0 spiro atoms. The first-order valence-electron chi connectivity index (χ1n) is 4.72. The van der Waals surface area contributed by atoms with Crippen molar-refractivity contribution in [2.75, 3.05) is 5.32 Å². The third-order valence-corrected chi connectivity index (χ3v) is 2.59. The van der Waals surface area contributed by atoms with E-state index >= 15 is 0 Å². The van der Waals surface area contributed by atoms with Crippen LogP contribution in [0.3, 0.4) is 0 Å². The number of alkyl halides is 5. The number of hydrogen-bond acceptors (Lipinski definition) is 2. The summed E-state index contributed by atoms with van der Waals surface area (Å²) in [5, 5.41) is 10.2. The van der Waals surface area contributed by atoms with Gasteiger partial charge in [0.2, 0.25) is 0 Å². The minimum atomic E-state index is -6.02. The summed E-state index contributed by atoms with van der Waals surface area (Å²) in [7, 11) is 0. The molecule has 1 aromatic rings. The number of benzene rings is 1. The Hall–Kier alpha value is -1.57. The van der Waals surface area contributed by atoms with Crippen molar-refractivity contribution in [3.8, 4) is 5.75 Å². The third kappa shape index (κ3) is 2.89. The molecule has 1 aromatic carbocycles. The average molecular weight is 304 g/mol. The Kier molecular flexibility index (Phi) is 3.94. The first-order chi connectivity index (χ1) is 8.48. The monoisotopic (exact) mass is 303 g/mol. The lowest BCUT2D eigenvalue weighted by Gasteiger charge is -2.19. The van der Waals surface area contributed by atoms with Gasteiger partial charge in [0.1, 0.15) is 10.8 Å². The van der Waals surface area contributed by atoms with Gasteiger partial charge in [-0.15, -0.1) is 0 Å². The molecule has 0 aliphatic heterocycles. The van der Waals surface area contributed by atoms with E-state index in [1.54, 1.807) is 0 Å². The molecule has 9 heteroatoms. The Morgan fingerprint density at radius 2 is 1.79 bits per heavy atom. The van der Waals surface area contributed by atoms with Crippen molar-refractivity contribution in [1.29, 1.82) is 0 Å². The SMILES string of the molecule is Cc1ccc(NC(=O)C(F)(F)C(F)(F)F)c(Cl)c1O. The summed E-state index contributed by atoms with van der Waals surface area (Å²) in [6.45, 7) is 1.43. The fourth-order valence-corrected chi connectivity index (χ4v) is 1.35. The first-order valence-corrected chi connectivity index (χ1v) is 5.10. The number of anilines is 1. The maximum absolute atomic E-state index is 12.7. The summed E-state index contributed by atoms with van der Waals surface area (Å²) in [5.41, 5.74) is -0.274. The molecule has 0 aromatic heterocycles. The molecule has 106 valence electrons. The van der Waals surface area contributed by atoms with E-state index in [-0.39, 0.29) is 5.56 Å². The zero-order valence-electron chi connectivity index (χ0n) is 9.28. The molecule has 0 heterocycles. The van der Waals surface area contributed by atoms with Gasteiger partial charge in [-0.2, -0.15) is 22.0 Å². The van der Waals surface area contributed by atoms with Gasteiger partial charge in [0.15, 0.2) is 0 Å². The van der Waals surface area contributed by atoms with Crippen molar-refractivity contribution < 1.29 is 31.9 Å². The molecule has 0 aliphatic carbocycles. The maximum atomic E-state index is 12.7. The van der Waals surface area contributed by atoms with Crippen LogP contribution in [0.1, 0.15) is 5.56 Å². The second kappa shape index (κ2) is 4.84. The predicted molar refractivity (Wildman–Crippen MR) is 57.5 cm³/mol. The van der Waals surface area contributed by atoms with Gasteiger partial charge in [-0.3, -0.25) is 4.79 Å². The molecule has 0 saturated heterocycles.